The molecule has 5 rings (SSSR count). The van der Waals surface area contributed by atoms with Crippen LogP contribution in [0.2, 0.25) is 0 Å². The molecule has 166 valence electrons. The average Bonchev–Trinajstić information content (AvgIpc) is 3.10. The lowest BCUT2D eigenvalue weighted by Crippen LogP contribution is -2.44. The van der Waals surface area contributed by atoms with Crippen LogP contribution in [-0.2, 0) is 17.8 Å². The van der Waals surface area contributed by atoms with E-state index < -0.39 is 0 Å². The maximum Gasteiger partial charge on any atom is 0.254 e. The summed E-state index contributed by atoms with van der Waals surface area (Å²) in [7, 11) is 4.03. The van der Waals surface area contributed by atoms with Gasteiger partial charge in [-0.05, 0) is 61.6 Å². The molecule has 2 heterocycles. The monoisotopic (exact) mass is 429 g/mol. The minimum Gasteiger partial charge on any atom is -0.378 e. The molecule has 0 saturated carbocycles. The number of hydrogen-bond donors (Lipinski definition) is 1. The molecule has 1 N–H and O–H groups in total. The van der Waals surface area contributed by atoms with Gasteiger partial charge in [0.1, 0.15) is 0 Å². The minimum atomic E-state index is -0.0568. The summed E-state index contributed by atoms with van der Waals surface area (Å²) in [6, 6.07) is 15.2. The number of nitrogens with zero attached hydrogens (tertiary/aromatic N) is 4. The normalized spacial score (nSPS) is 18.2. The molecule has 1 aliphatic carbocycles. The molecule has 1 aliphatic heterocycles. The molecule has 0 fully saturated rings. The first-order valence-electron chi connectivity index (χ1n) is 11.5. The summed E-state index contributed by atoms with van der Waals surface area (Å²) >= 11 is 0. The van der Waals surface area contributed by atoms with E-state index >= 15 is 0 Å². The van der Waals surface area contributed by atoms with Crippen LogP contribution in [0.3, 0.4) is 0 Å². The van der Waals surface area contributed by atoms with Gasteiger partial charge in [-0.3, -0.25) is 9.69 Å². The average molecular weight is 430 g/mol. The molecule has 0 spiro atoms. The molecule has 0 radical (unpaired) electrons. The zero-order chi connectivity index (χ0) is 22.2. The predicted octanol–water partition coefficient (Wildman–Crippen LogP) is 3.86. The molecule has 0 saturated heterocycles. The quantitative estimate of drug-likeness (QED) is 0.495. The molecule has 32 heavy (non-hydrogen) atoms. The van der Waals surface area contributed by atoms with Crippen LogP contribution in [0.1, 0.15) is 41.3 Å². The van der Waals surface area contributed by atoms with Crippen LogP contribution in [-0.4, -0.2) is 48.8 Å². The van der Waals surface area contributed by atoms with E-state index in [1.165, 1.54) is 34.1 Å². The van der Waals surface area contributed by atoms with Crippen molar-refractivity contribution in [3.63, 3.8) is 0 Å². The number of aryl methyl sites for hydroxylation is 2. The number of aromatic nitrogens is 1. The number of amides is 1. The molecular formula is C26H31N5O. The van der Waals surface area contributed by atoms with Crippen LogP contribution in [0, 0.1) is 6.92 Å². The van der Waals surface area contributed by atoms with E-state index in [0.717, 1.165) is 37.2 Å². The number of carbonyl (C=O) groups is 1. The third-order valence-electron chi connectivity index (χ3n) is 6.80. The summed E-state index contributed by atoms with van der Waals surface area (Å²) in [5.41, 5.74) is 10.4. The van der Waals surface area contributed by atoms with Gasteiger partial charge in [-0.2, -0.15) is 5.10 Å². The lowest BCUT2D eigenvalue weighted by Gasteiger charge is -2.39. The molecule has 3 aromatic rings. The largest absolute Gasteiger partial charge is 0.378 e. The molecule has 1 atom stereocenters. The van der Waals surface area contributed by atoms with E-state index in [0.29, 0.717) is 12.6 Å². The van der Waals surface area contributed by atoms with Crippen molar-refractivity contribution >= 4 is 28.7 Å². The lowest BCUT2D eigenvalue weighted by molar-refractivity contribution is -0.123. The number of rotatable bonds is 5. The Hall–Kier alpha value is -3.12. The van der Waals surface area contributed by atoms with Crippen molar-refractivity contribution in [1.29, 1.82) is 0 Å². The first-order chi connectivity index (χ1) is 15.5. The van der Waals surface area contributed by atoms with Crippen molar-refractivity contribution in [3.8, 4) is 0 Å². The van der Waals surface area contributed by atoms with Crippen molar-refractivity contribution in [2.45, 2.75) is 38.8 Å². The molecule has 6 heteroatoms. The summed E-state index contributed by atoms with van der Waals surface area (Å²) in [4.78, 5) is 17.0. The van der Waals surface area contributed by atoms with Crippen LogP contribution >= 0.6 is 0 Å². The molecule has 6 nitrogen and oxygen atoms in total. The van der Waals surface area contributed by atoms with E-state index in [-0.39, 0.29) is 5.91 Å². The Kier molecular flexibility index (Phi) is 5.47. The zero-order valence-corrected chi connectivity index (χ0v) is 19.1. The van der Waals surface area contributed by atoms with E-state index in [9.17, 15) is 4.79 Å². The van der Waals surface area contributed by atoms with Gasteiger partial charge in [-0.15, -0.1) is 0 Å². The number of nitrogens with one attached hydrogen (secondary N) is 1. The first kappa shape index (κ1) is 20.8. The Bertz CT molecular complexity index is 1180. The van der Waals surface area contributed by atoms with Crippen molar-refractivity contribution in [1.82, 2.24) is 14.9 Å². The summed E-state index contributed by atoms with van der Waals surface area (Å²) in [5, 5.41) is 5.59. The molecule has 1 aromatic heterocycles. The highest BCUT2D eigenvalue weighted by molar-refractivity contribution is 5.87. The Balaban J connectivity index is 1.28. The van der Waals surface area contributed by atoms with Gasteiger partial charge in [0.05, 0.1) is 18.8 Å². The number of benzene rings is 2. The number of carbonyl (C=O) groups excluding carboxylic acids is 1. The van der Waals surface area contributed by atoms with Crippen molar-refractivity contribution < 1.29 is 4.79 Å². The van der Waals surface area contributed by atoms with E-state index in [2.05, 4.69) is 50.0 Å². The third-order valence-corrected chi connectivity index (χ3v) is 6.80. The fourth-order valence-corrected chi connectivity index (χ4v) is 5.24. The topological polar surface area (TPSA) is 52.9 Å². The second kappa shape index (κ2) is 8.43. The van der Waals surface area contributed by atoms with Gasteiger partial charge in [0.25, 0.3) is 5.91 Å². The van der Waals surface area contributed by atoms with E-state index in [1.54, 1.807) is 6.21 Å². The predicted molar refractivity (Wildman–Crippen MR) is 130 cm³/mol. The van der Waals surface area contributed by atoms with Gasteiger partial charge in [-0.25, -0.2) is 5.43 Å². The maximum absolute atomic E-state index is 12.7. The molecule has 0 bridgehead atoms. The molecule has 1 unspecified atom stereocenters. The summed E-state index contributed by atoms with van der Waals surface area (Å²) in [6.45, 7) is 4.36. The SMILES string of the molecule is Cc1ccc2c(c1)c1c3n2CCN(CC(=O)N/N=C\c2ccc(N(C)C)cc2)C3CCC1. The lowest BCUT2D eigenvalue weighted by atomic mass is 9.89. The smallest absolute Gasteiger partial charge is 0.254 e. The van der Waals surface area contributed by atoms with Gasteiger partial charge < -0.3 is 9.47 Å². The second-order valence-electron chi connectivity index (χ2n) is 9.19. The van der Waals surface area contributed by atoms with Gasteiger partial charge >= 0.3 is 0 Å². The van der Waals surface area contributed by atoms with Crippen molar-refractivity contribution in [2.24, 2.45) is 5.10 Å². The van der Waals surface area contributed by atoms with Crippen LogP contribution < -0.4 is 10.3 Å². The standard InChI is InChI=1S/C26H31N5O/c1-18-7-12-23-22(15-18)21-5-4-6-24-26(21)31(23)14-13-30(24)17-25(32)28-27-16-19-8-10-20(11-9-19)29(2)3/h7-12,15-16,24H,4-6,13-14,17H2,1-3H3,(H,28,32)/b27-16-. The van der Waals surface area contributed by atoms with Gasteiger partial charge in [-0.1, -0.05) is 23.8 Å². The van der Waals surface area contributed by atoms with E-state index in [1.807, 2.05) is 38.4 Å². The minimum absolute atomic E-state index is 0.0568. The highest BCUT2D eigenvalue weighted by Crippen LogP contribution is 2.42. The van der Waals surface area contributed by atoms with Gasteiger partial charge in [0, 0.05) is 49.5 Å². The number of anilines is 1. The number of hydrazone groups is 1. The fourth-order valence-electron chi connectivity index (χ4n) is 5.24. The van der Waals surface area contributed by atoms with Crippen LogP contribution in [0.15, 0.2) is 47.6 Å². The molecule has 1 amide bonds. The zero-order valence-electron chi connectivity index (χ0n) is 19.1. The highest BCUT2D eigenvalue weighted by atomic mass is 16.2. The fraction of sp³-hybridized carbons (Fsp3) is 0.385. The van der Waals surface area contributed by atoms with Crippen molar-refractivity contribution in [2.75, 3.05) is 32.1 Å². The second-order valence-corrected chi connectivity index (χ2v) is 9.19. The summed E-state index contributed by atoms with van der Waals surface area (Å²) in [5.74, 6) is -0.0568. The van der Waals surface area contributed by atoms with Gasteiger partial charge in [0.2, 0.25) is 0 Å². The Morgan fingerprint density at radius 3 is 2.78 bits per heavy atom. The van der Waals surface area contributed by atoms with Gasteiger partial charge in [0.15, 0.2) is 0 Å². The Labute approximate surface area is 189 Å². The number of fused-ring (bicyclic) bond motifs is 3. The third kappa shape index (κ3) is 3.79. The van der Waals surface area contributed by atoms with Crippen LogP contribution in [0.25, 0.3) is 10.9 Å². The first-order valence-corrected chi connectivity index (χ1v) is 11.5. The molecule has 2 aliphatic rings. The van der Waals surface area contributed by atoms with Crippen LogP contribution in [0.5, 0.6) is 0 Å². The Morgan fingerprint density at radius 1 is 1.19 bits per heavy atom. The number of hydrogen-bond acceptors (Lipinski definition) is 4. The molecule has 2 aromatic carbocycles. The summed E-state index contributed by atoms with van der Waals surface area (Å²) < 4.78 is 2.50. The van der Waals surface area contributed by atoms with Crippen LogP contribution in [0.4, 0.5) is 5.69 Å². The highest BCUT2D eigenvalue weighted by Gasteiger charge is 2.35. The Morgan fingerprint density at radius 2 is 2.00 bits per heavy atom. The maximum atomic E-state index is 12.7. The van der Waals surface area contributed by atoms with Crippen molar-refractivity contribution in [3.05, 3.63) is 64.8 Å². The summed E-state index contributed by atoms with van der Waals surface area (Å²) in [6.07, 6.45) is 5.11. The van der Waals surface area contributed by atoms with E-state index in [4.69, 9.17) is 0 Å². The molecular weight excluding hydrogens is 398 g/mol.